The topological polar surface area (TPSA) is 49.6 Å². The van der Waals surface area contributed by atoms with E-state index in [0.717, 1.165) is 38.0 Å². The summed E-state index contributed by atoms with van der Waals surface area (Å²) < 4.78 is 1.75. The summed E-state index contributed by atoms with van der Waals surface area (Å²) >= 11 is 0. The van der Waals surface area contributed by atoms with Gasteiger partial charge in [0, 0.05) is 18.8 Å². The van der Waals surface area contributed by atoms with Crippen LogP contribution in [-0.2, 0) is 0 Å². The molecule has 1 aliphatic heterocycles. The van der Waals surface area contributed by atoms with Crippen LogP contribution in [0.1, 0.15) is 30.1 Å². The van der Waals surface area contributed by atoms with Crippen LogP contribution in [0.3, 0.4) is 0 Å². The van der Waals surface area contributed by atoms with Crippen molar-refractivity contribution in [2.45, 2.75) is 25.8 Å². The van der Waals surface area contributed by atoms with Gasteiger partial charge >= 0.3 is 0 Å². The molecule has 1 amide bonds. The molecule has 3 rings (SSSR count). The predicted octanol–water partition coefficient (Wildman–Crippen LogP) is 1.55. The second-order valence-electron chi connectivity index (χ2n) is 5.16. The van der Waals surface area contributed by atoms with E-state index in [0.29, 0.717) is 11.6 Å². The van der Waals surface area contributed by atoms with Crippen LogP contribution in [0, 0.1) is 0 Å². The van der Waals surface area contributed by atoms with E-state index >= 15 is 0 Å². The van der Waals surface area contributed by atoms with E-state index in [9.17, 15) is 4.79 Å². The van der Waals surface area contributed by atoms with Crippen LogP contribution < -0.4 is 5.32 Å². The van der Waals surface area contributed by atoms with Gasteiger partial charge in [-0.2, -0.15) is 5.10 Å². The molecule has 0 aromatic carbocycles. The van der Waals surface area contributed by atoms with Gasteiger partial charge in [-0.25, -0.2) is 4.52 Å². The van der Waals surface area contributed by atoms with Crippen molar-refractivity contribution in [2.24, 2.45) is 0 Å². The zero-order chi connectivity index (χ0) is 13.9. The van der Waals surface area contributed by atoms with Crippen molar-refractivity contribution in [1.29, 1.82) is 0 Å². The molecule has 1 fully saturated rings. The minimum absolute atomic E-state index is 0.0978. The van der Waals surface area contributed by atoms with Crippen LogP contribution in [0.2, 0.25) is 0 Å². The average Bonchev–Trinajstić information content (AvgIpc) is 2.93. The van der Waals surface area contributed by atoms with Gasteiger partial charge in [-0.15, -0.1) is 0 Å². The van der Waals surface area contributed by atoms with Gasteiger partial charge in [0.15, 0.2) is 0 Å². The number of piperidine rings is 1. The van der Waals surface area contributed by atoms with Crippen molar-refractivity contribution < 1.29 is 4.79 Å². The number of nitrogens with one attached hydrogen (secondary N) is 1. The molecule has 0 saturated carbocycles. The molecule has 3 heterocycles. The molecule has 0 radical (unpaired) electrons. The number of amides is 1. The molecule has 2 aromatic heterocycles. The highest BCUT2D eigenvalue weighted by molar-refractivity contribution is 6.00. The van der Waals surface area contributed by atoms with Crippen LogP contribution in [0.4, 0.5) is 0 Å². The van der Waals surface area contributed by atoms with Crippen LogP contribution in [0.15, 0.2) is 30.6 Å². The number of carbonyl (C=O) groups excluding carboxylic acids is 1. The van der Waals surface area contributed by atoms with E-state index in [4.69, 9.17) is 0 Å². The minimum atomic E-state index is 0.0978. The third-order valence-corrected chi connectivity index (χ3v) is 4.01. The van der Waals surface area contributed by atoms with Gasteiger partial charge in [0.1, 0.15) is 0 Å². The number of hydrogen-bond acceptors (Lipinski definition) is 3. The molecule has 106 valence electrons. The first-order chi connectivity index (χ1) is 9.81. The van der Waals surface area contributed by atoms with Gasteiger partial charge in [-0.3, -0.25) is 4.79 Å². The van der Waals surface area contributed by atoms with Crippen LogP contribution >= 0.6 is 0 Å². The molecule has 0 spiro atoms. The Morgan fingerprint density at radius 2 is 2.25 bits per heavy atom. The number of aromatic nitrogens is 2. The molecule has 1 saturated heterocycles. The first-order valence-electron chi connectivity index (χ1n) is 7.25. The Balaban J connectivity index is 1.89. The molecule has 0 bridgehead atoms. The molecule has 1 N–H and O–H groups in total. The summed E-state index contributed by atoms with van der Waals surface area (Å²) in [5.74, 6) is 0.0978. The number of rotatable bonds is 3. The molecule has 0 unspecified atom stereocenters. The summed E-state index contributed by atoms with van der Waals surface area (Å²) in [6.07, 6.45) is 5.60. The lowest BCUT2D eigenvalue weighted by Crippen LogP contribution is -2.46. The second-order valence-corrected chi connectivity index (χ2v) is 5.16. The Morgan fingerprint density at radius 3 is 3.00 bits per heavy atom. The molecule has 0 aliphatic carbocycles. The molecule has 1 aliphatic rings. The van der Waals surface area contributed by atoms with Crippen molar-refractivity contribution in [3.63, 3.8) is 0 Å². The molecule has 5 nitrogen and oxygen atoms in total. The SMILES string of the molecule is CCN(C(=O)c1cnn2ccccc12)C1CCNCC1. The molecule has 0 atom stereocenters. The highest BCUT2D eigenvalue weighted by atomic mass is 16.2. The molecular weight excluding hydrogens is 252 g/mol. The smallest absolute Gasteiger partial charge is 0.257 e. The van der Waals surface area contributed by atoms with Gasteiger partial charge in [0.2, 0.25) is 0 Å². The zero-order valence-electron chi connectivity index (χ0n) is 11.7. The molecule has 5 heteroatoms. The number of pyridine rings is 1. The van der Waals surface area contributed by atoms with Crippen molar-refractivity contribution >= 4 is 11.4 Å². The van der Waals surface area contributed by atoms with Crippen molar-refractivity contribution in [2.75, 3.05) is 19.6 Å². The standard InChI is InChI=1S/C15H20N4O/c1-2-18(12-6-8-16-9-7-12)15(20)13-11-17-19-10-4-3-5-14(13)19/h3-5,10-12,16H,2,6-9H2,1H3. The first kappa shape index (κ1) is 13.1. The van der Waals surface area contributed by atoms with Gasteiger partial charge in [-0.05, 0) is 45.0 Å². The van der Waals surface area contributed by atoms with E-state index in [-0.39, 0.29) is 5.91 Å². The lowest BCUT2D eigenvalue weighted by molar-refractivity contribution is 0.0658. The first-order valence-corrected chi connectivity index (χ1v) is 7.25. The normalized spacial score (nSPS) is 16.4. The third-order valence-electron chi connectivity index (χ3n) is 4.01. The number of nitrogens with zero attached hydrogens (tertiary/aromatic N) is 3. The molecular formula is C15H20N4O. The highest BCUT2D eigenvalue weighted by Gasteiger charge is 2.26. The Kier molecular flexibility index (Phi) is 3.69. The largest absolute Gasteiger partial charge is 0.336 e. The highest BCUT2D eigenvalue weighted by Crippen LogP contribution is 2.18. The van der Waals surface area contributed by atoms with Crippen LogP contribution in [-0.4, -0.2) is 46.1 Å². The maximum atomic E-state index is 12.8. The van der Waals surface area contributed by atoms with E-state index in [1.54, 1.807) is 10.7 Å². The van der Waals surface area contributed by atoms with E-state index < -0.39 is 0 Å². The summed E-state index contributed by atoms with van der Waals surface area (Å²) in [7, 11) is 0. The molecule has 2 aromatic rings. The Bertz CT molecular complexity index is 601. The lowest BCUT2D eigenvalue weighted by Gasteiger charge is -2.33. The fourth-order valence-corrected chi connectivity index (χ4v) is 2.94. The van der Waals surface area contributed by atoms with Crippen LogP contribution in [0.25, 0.3) is 5.52 Å². The number of carbonyl (C=O) groups is 1. The monoisotopic (exact) mass is 272 g/mol. The third kappa shape index (κ3) is 2.29. The summed E-state index contributed by atoms with van der Waals surface area (Å²) in [4.78, 5) is 14.8. The predicted molar refractivity (Wildman–Crippen MR) is 77.8 cm³/mol. The second kappa shape index (κ2) is 5.63. The number of fused-ring (bicyclic) bond motifs is 1. The fraction of sp³-hybridized carbons (Fsp3) is 0.467. The van der Waals surface area contributed by atoms with Gasteiger partial charge in [0.05, 0.1) is 17.3 Å². The summed E-state index contributed by atoms with van der Waals surface area (Å²) in [5, 5.41) is 7.60. The zero-order valence-corrected chi connectivity index (χ0v) is 11.7. The van der Waals surface area contributed by atoms with Gasteiger partial charge in [-0.1, -0.05) is 6.07 Å². The average molecular weight is 272 g/mol. The quantitative estimate of drug-likeness (QED) is 0.922. The van der Waals surface area contributed by atoms with Crippen molar-refractivity contribution in [1.82, 2.24) is 19.8 Å². The van der Waals surface area contributed by atoms with E-state index in [2.05, 4.69) is 10.4 Å². The number of hydrogen-bond donors (Lipinski definition) is 1. The summed E-state index contributed by atoms with van der Waals surface area (Å²) in [5.41, 5.74) is 1.58. The Morgan fingerprint density at radius 1 is 1.45 bits per heavy atom. The maximum Gasteiger partial charge on any atom is 0.257 e. The van der Waals surface area contributed by atoms with E-state index in [1.165, 1.54) is 0 Å². The van der Waals surface area contributed by atoms with Crippen molar-refractivity contribution in [3.8, 4) is 0 Å². The molecule has 20 heavy (non-hydrogen) atoms. The Labute approximate surface area is 118 Å². The summed E-state index contributed by atoms with van der Waals surface area (Å²) in [6.45, 7) is 4.77. The maximum absolute atomic E-state index is 12.8. The van der Waals surface area contributed by atoms with Gasteiger partial charge in [0.25, 0.3) is 5.91 Å². The van der Waals surface area contributed by atoms with Gasteiger partial charge < -0.3 is 10.2 Å². The minimum Gasteiger partial charge on any atom is -0.336 e. The lowest BCUT2D eigenvalue weighted by atomic mass is 10.0. The summed E-state index contributed by atoms with van der Waals surface area (Å²) in [6, 6.07) is 6.14. The van der Waals surface area contributed by atoms with E-state index in [1.807, 2.05) is 36.2 Å². The van der Waals surface area contributed by atoms with Crippen molar-refractivity contribution in [3.05, 3.63) is 36.2 Å². The fourth-order valence-electron chi connectivity index (χ4n) is 2.94. The van der Waals surface area contributed by atoms with Crippen LogP contribution in [0.5, 0.6) is 0 Å². The Hall–Kier alpha value is -1.88.